The van der Waals surface area contributed by atoms with E-state index in [2.05, 4.69) is 10.3 Å². The molecule has 8 heteroatoms. The Morgan fingerprint density at radius 1 is 1.67 bits per heavy atom. The van der Waals surface area contributed by atoms with Gasteiger partial charge in [-0.1, -0.05) is 0 Å². The summed E-state index contributed by atoms with van der Waals surface area (Å²) in [5.41, 5.74) is 5.23. The van der Waals surface area contributed by atoms with Crippen LogP contribution in [0.4, 0.5) is 11.5 Å². The van der Waals surface area contributed by atoms with Crippen molar-refractivity contribution in [2.45, 2.75) is 6.42 Å². The van der Waals surface area contributed by atoms with Crippen molar-refractivity contribution in [3.63, 3.8) is 0 Å². The molecule has 0 bridgehead atoms. The molecule has 0 saturated carbocycles. The van der Waals surface area contributed by atoms with Crippen LogP contribution < -0.4 is 11.1 Å². The fourth-order valence-corrected chi connectivity index (χ4v) is 1.26. The molecule has 0 atom stereocenters. The highest BCUT2D eigenvalue weighted by molar-refractivity contribution is 5.98. The summed E-state index contributed by atoms with van der Waals surface area (Å²) in [6.07, 6.45) is 1.65. The van der Waals surface area contributed by atoms with Gasteiger partial charge in [0.15, 0.2) is 0 Å². The van der Waals surface area contributed by atoms with Crippen LogP contribution >= 0.6 is 0 Å². The third-order valence-corrected chi connectivity index (χ3v) is 2.17. The first kappa shape index (κ1) is 13.8. The standard InChI is InChI=1S/C10H14N4O4/c1-18-4-2-3-12-10(15)8-5-7(14(16)17)6-13-9(8)11/h5-6H,2-4H2,1H3,(H2,11,13)(H,12,15). The van der Waals surface area contributed by atoms with E-state index in [4.69, 9.17) is 10.5 Å². The topological polar surface area (TPSA) is 120 Å². The minimum atomic E-state index is -0.631. The van der Waals surface area contributed by atoms with Crippen LogP contribution in [0.5, 0.6) is 0 Å². The van der Waals surface area contributed by atoms with Crippen molar-refractivity contribution in [2.24, 2.45) is 0 Å². The zero-order valence-corrected chi connectivity index (χ0v) is 9.88. The zero-order valence-electron chi connectivity index (χ0n) is 9.88. The summed E-state index contributed by atoms with van der Waals surface area (Å²) in [4.78, 5) is 25.3. The predicted molar refractivity (Wildman–Crippen MR) is 64.1 cm³/mol. The van der Waals surface area contributed by atoms with Crippen LogP contribution in [0.1, 0.15) is 16.8 Å². The second-order valence-corrected chi connectivity index (χ2v) is 3.49. The maximum atomic E-state index is 11.7. The van der Waals surface area contributed by atoms with Gasteiger partial charge in [-0.3, -0.25) is 14.9 Å². The maximum Gasteiger partial charge on any atom is 0.288 e. The lowest BCUT2D eigenvalue weighted by atomic mass is 10.2. The number of pyridine rings is 1. The van der Waals surface area contributed by atoms with Gasteiger partial charge in [0.1, 0.15) is 12.0 Å². The molecule has 1 aromatic rings. The lowest BCUT2D eigenvalue weighted by Gasteiger charge is -2.06. The van der Waals surface area contributed by atoms with Gasteiger partial charge in [-0.2, -0.15) is 0 Å². The van der Waals surface area contributed by atoms with Crippen molar-refractivity contribution in [1.29, 1.82) is 0 Å². The largest absolute Gasteiger partial charge is 0.385 e. The number of aromatic nitrogens is 1. The van der Waals surface area contributed by atoms with Crippen molar-refractivity contribution in [1.82, 2.24) is 10.3 Å². The highest BCUT2D eigenvalue weighted by Gasteiger charge is 2.15. The number of nitrogens with zero attached hydrogens (tertiary/aromatic N) is 2. The van der Waals surface area contributed by atoms with Crippen LogP contribution in [0.3, 0.4) is 0 Å². The number of rotatable bonds is 6. The number of nitrogens with one attached hydrogen (secondary N) is 1. The molecule has 98 valence electrons. The van der Waals surface area contributed by atoms with E-state index in [9.17, 15) is 14.9 Å². The molecule has 3 N–H and O–H groups in total. The first-order chi connectivity index (χ1) is 8.56. The Kier molecular flexibility index (Phi) is 5.00. The van der Waals surface area contributed by atoms with Gasteiger partial charge in [0, 0.05) is 26.3 Å². The van der Waals surface area contributed by atoms with Crippen LogP contribution in [-0.2, 0) is 4.74 Å². The van der Waals surface area contributed by atoms with Gasteiger partial charge in [-0.15, -0.1) is 0 Å². The quantitative estimate of drug-likeness (QED) is 0.429. The van der Waals surface area contributed by atoms with E-state index in [0.29, 0.717) is 19.6 Å². The summed E-state index contributed by atoms with van der Waals surface area (Å²) in [5.74, 6) is -0.523. The number of carbonyl (C=O) groups is 1. The normalized spacial score (nSPS) is 10.1. The minimum Gasteiger partial charge on any atom is -0.385 e. The van der Waals surface area contributed by atoms with Crippen molar-refractivity contribution >= 4 is 17.4 Å². The van der Waals surface area contributed by atoms with Crippen LogP contribution in [0.15, 0.2) is 12.3 Å². The molecule has 1 amide bonds. The van der Waals surface area contributed by atoms with E-state index >= 15 is 0 Å². The monoisotopic (exact) mass is 254 g/mol. The molecule has 0 radical (unpaired) electrons. The highest BCUT2D eigenvalue weighted by atomic mass is 16.6. The minimum absolute atomic E-state index is 0.00150. The Balaban J connectivity index is 2.72. The number of nitro groups is 1. The van der Waals surface area contributed by atoms with Gasteiger partial charge in [-0.05, 0) is 6.42 Å². The first-order valence-electron chi connectivity index (χ1n) is 5.23. The summed E-state index contributed by atoms with van der Waals surface area (Å²) < 4.78 is 4.83. The van der Waals surface area contributed by atoms with E-state index in [-0.39, 0.29) is 17.1 Å². The number of ether oxygens (including phenoxy) is 1. The predicted octanol–water partition coefficient (Wildman–Crippen LogP) is 0.338. The van der Waals surface area contributed by atoms with Crippen LogP contribution in [-0.4, -0.2) is 36.1 Å². The zero-order chi connectivity index (χ0) is 13.5. The van der Waals surface area contributed by atoms with E-state index in [1.807, 2.05) is 0 Å². The number of hydrogen-bond acceptors (Lipinski definition) is 6. The van der Waals surface area contributed by atoms with Gasteiger partial charge < -0.3 is 15.8 Å². The number of carbonyl (C=O) groups excluding carboxylic acids is 1. The number of hydrogen-bond donors (Lipinski definition) is 2. The average Bonchev–Trinajstić information content (AvgIpc) is 2.34. The second-order valence-electron chi connectivity index (χ2n) is 3.49. The van der Waals surface area contributed by atoms with E-state index in [1.165, 1.54) is 0 Å². The van der Waals surface area contributed by atoms with Crippen LogP contribution in [0.2, 0.25) is 0 Å². The molecule has 0 aliphatic carbocycles. The summed E-state index contributed by atoms with van der Waals surface area (Å²) >= 11 is 0. The number of methoxy groups -OCH3 is 1. The van der Waals surface area contributed by atoms with Crippen LogP contribution in [0, 0.1) is 10.1 Å². The molecule has 8 nitrogen and oxygen atoms in total. The fourth-order valence-electron chi connectivity index (χ4n) is 1.26. The SMILES string of the molecule is COCCCNC(=O)c1cc([N+](=O)[O-])cnc1N. The van der Waals surface area contributed by atoms with E-state index in [1.54, 1.807) is 7.11 Å². The maximum absolute atomic E-state index is 11.7. The van der Waals surface area contributed by atoms with Crippen molar-refractivity contribution < 1.29 is 14.5 Å². The van der Waals surface area contributed by atoms with E-state index < -0.39 is 10.8 Å². The smallest absolute Gasteiger partial charge is 0.288 e. The lowest BCUT2D eigenvalue weighted by molar-refractivity contribution is -0.385. The summed E-state index contributed by atoms with van der Waals surface area (Å²) in [7, 11) is 1.56. The highest BCUT2D eigenvalue weighted by Crippen LogP contribution is 2.16. The van der Waals surface area contributed by atoms with E-state index in [0.717, 1.165) is 12.3 Å². The Morgan fingerprint density at radius 3 is 3.00 bits per heavy atom. The average molecular weight is 254 g/mol. The molecule has 0 unspecified atom stereocenters. The molecule has 18 heavy (non-hydrogen) atoms. The molecular formula is C10H14N4O4. The Bertz CT molecular complexity index is 450. The van der Waals surface area contributed by atoms with Gasteiger partial charge in [0.25, 0.3) is 11.6 Å². The second kappa shape index (κ2) is 6.50. The summed E-state index contributed by atoms with van der Waals surface area (Å²) in [6.45, 7) is 0.914. The number of amides is 1. The van der Waals surface area contributed by atoms with Gasteiger partial charge in [0.05, 0.1) is 10.5 Å². The van der Waals surface area contributed by atoms with Gasteiger partial charge >= 0.3 is 0 Å². The van der Waals surface area contributed by atoms with Crippen molar-refractivity contribution in [3.05, 3.63) is 27.9 Å². The summed E-state index contributed by atoms with van der Waals surface area (Å²) in [5, 5.41) is 13.1. The molecule has 0 saturated heterocycles. The molecule has 0 spiro atoms. The Hall–Kier alpha value is -2.22. The number of nitrogens with two attached hydrogens (primary N) is 1. The van der Waals surface area contributed by atoms with Gasteiger partial charge in [-0.25, -0.2) is 4.98 Å². The lowest BCUT2D eigenvalue weighted by Crippen LogP contribution is -2.26. The van der Waals surface area contributed by atoms with Crippen LogP contribution in [0.25, 0.3) is 0 Å². The molecule has 0 aliphatic heterocycles. The molecular weight excluding hydrogens is 240 g/mol. The summed E-state index contributed by atoms with van der Waals surface area (Å²) in [6, 6.07) is 1.11. The van der Waals surface area contributed by atoms with Gasteiger partial charge in [0.2, 0.25) is 0 Å². The third-order valence-electron chi connectivity index (χ3n) is 2.17. The first-order valence-corrected chi connectivity index (χ1v) is 5.23. The van der Waals surface area contributed by atoms with Crippen molar-refractivity contribution in [2.75, 3.05) is 26.0 Å². The molecule has 1 rings (SSSR count). The number of nitrogen functional groups attached to an aromatic ring is 1. The molecule has 0 fully saturated rings. The number of anilines is 1. The third kappa shape index (κ3) is 3.67. The molecule has 0 aliphatic rings. The Labute approximate surface area is 103 Å². The fraction of sp³-hybridized carbons (Fsp3) is 0.400. The Morgan fingerprint density at radius 2 is 2.39 bits per heavy atom. The van der Waals surface area contributed by atoms with Crippen molar-refractivity contribution in [3.8, 4) is 0 Å². The molecule has 1 heterocycles. The molecule has 0 aromatic carbocycles. The molecule has 1 aromatic heterocycles.